The number of hydrogen-bond acceptors (Lipinski definition) is 4. The van der Waals surface area contributed by atoms with E-state index in [0.717, 1.165) is 38.4 Å². The lowest BCUT2D eigenvalue weighted by Gasteiger charge is -2.35. The van der Waals surface area contributed by atoms with Crippen LogP contribution in [0.15, 0.2) is 18.3 Å². The summed E-state index contributed by atoms with van der Waals surface area (Å²) in [5.74, 6) is 0.695. The van der Waals surface area contributed by atoms with Gasteiger partial charge in [-0.3, -0.25) is 5.41 Å². The fraction of sp³-hybridized carbons (Fsp3) is 0.538. The van der Waals surface area contributed by atoms with Gasteiger partial charge in [0.1, 0.15) is 5.82 Å². The summed E-state index contributed by atoms with van der Waals surface area (Å²) in [6, 6.07) is 3.95. The number of guanidine groups is 1. The van der Waals surface area contributed by atoms with Crippen LogP contribution < -0.4 is 15.5 Å². The Morgan fingerprint density at radius 3 is 2.53 bits per heavy atom. The second-order valence-corrected chi connectivity index (χ2v) is 4.74. The molecule has 1 saturated heterocycles. The van der Waals surface area contributed by atoms with Crippen LogP contribution in [0.5, 0.6) is 0 Å². The Morgan fingerprint density at radius 1 is 1.37 bits per heavy atom. The smallest absolute Gasteiger partial charge is 0.193 e. The Hall–Kier alpha value is -1.82. The van der Waals surface area contributed by atoms with E-state index in [9.17, 15) is 0 Å². The fourth-order valence-electron chi connectivity index (χ4n) is 2.21. The summed E-state index contributed by atoms with van der Waals surface area (Å²) in [5, 5.41) is 7.38. The molecule has 6 nitrogen and oxygen atoms in total. The maximum atomic E-state index is 7.38. The van der Waals surface area contributed by atoms with Crippen molar-refractivity contribution >= 4 is 17.5 Å². The highest BCUT2D eigenvalue weighted by atomic mass is 15.3. The molecule has 0 radical (unpaired) electrons. The van der Waals surface area contributed by atoms with E-state index in [0.29, 0.717) is 5.82 Å². The maximum absolute atomic E-state index is 7.38. The zero-order chi connectivity index (χ0) is 13.8. The van der Waals surface area contributed by atoms with Gasteiger partial charge < -0.3 is 20.4 Å². The second-order valence-electron chi connectivity index (χ2n) is 4.74. The van der Waals surface area contributed by atoms with Gasteiger partial charge in [0.2, 0.25) is 0 Å². The molecule has 19 heavy (non-hydrogen) atoms. The summed E-state index contributed by atoms with van der Waals surface area (Å²) in [4.78, 5) is 10.7. The van der Waals surface area contributed by atoms with Crippen LogP contribution in [0, 0.1) is 5.41 Å². The predicted octanol–water partition coefficient (Wildman–Crippen LogP) is 0.553. The van der Waals surface area contributed by atoms with Crippen LogP contribution in [0.2, 0.25) is 0 Å². The number of nitrogens with two attached hydrogens (primary N) is 1. The molecule has 1 aliphatic heterocycles. The molecule has 0 unspecified atom stereocenters. The molecule has 0 saturated carbocycles. The Balaban J connectivity index is 2.01. The van der Waals surface area contributed by atoms with Gasteiger partial charge >= 0.3 is 0 Å². The first kappa shape index (κ1) is 13.6. The number of hydrogen-bond donors (Lipinski definition) is 2. The van der Waals surface area contributed by atoms with Crippen molar-refractivity contribution in [3.8, 4) is 0 Å². The topological polar surface area (TPSA) is 72.5 Å². The van der Waals surface area contributed by atoms with Crippen LogP contribution in [0.4, 0.5) is 11.5 Å². The highest BCUT2D eigenvalue weighted by molar-refractivity contribution is 5.90. The molecular weight excluding hydrogens is 240 g/mol. The zero-order valence-corrected chi connectivity index (χ0v) is 11.6. The van der Waals surface area contributed by atoms with E-state index in [1.807, 2.05) is 18.3 Å². The molecule has 3 N–H and O–H groups in total. The molecule has 1 aromatic heterocycles. The lowest BCUT2D eigenvalue weighted by Crippen LogP contribution is -2.46. The molecule has 0 spiro atoms. The molecule has 0 bridgehead atoms. The molecule has 0 aliphatic carbocycles. The number of rotatable bonds is 3. The normalized spacial score (nSPS) is 16.4. The Labute approximate surface area is 114 Å². The van der Waals surface area contributed by atoms with Crippen LogP contribution in [-0.4, -0.2) is 55.6 Å². The second kappa shape index (κ2) is 5.88. The van der Waals surface area contributed by atoms with Gasteiger partial charge in [-0.05, 0) is 18.7 Å². The zero-order valence-electron chi connectivity index (χ0n) is 11.6. The average Bonchev–Trinajstić information content (AvgIpc) is 2.46. The standard InChI is InChI=1S/C13H22N6/c1-3-18-6-8-19(9-7-18)11-4-5-12(16-10-11)17(2)13(14)15/h4-5,10H,3,6-9H2,1-2H3,(H3,14,15). The Kier molecular flexibility index (Phi) is 4.21. The third kappa shape index (κ3) is 3.14. The van der Waals surface area contributed by atoms with E-state index >= 15 is 0 Å². The van der Waals surface area contributed by atoms with Crippen molar-refractivity contribution in [1.82, 2.24) is 9.88 Å². The number of aromatic nitrogens is 1. The number of likely N-dealkylation sites (N-methyl/N-ethyl adjacent to an activating group) is 1. The molecule has 0 amide bonds. The fourth-order valence-corrected chi connectivity index (χ4v) is 2.21. The van der Waals surface area contributed by atoms with Gasteiger partial charge in [0.25, 0.3) is 0 Å². The van der Waals surface area contributed by atoms with Crippen molar-refractivity contribution in [2.24, 2.45) is 5.73 Å². The van der Waals surface area contributed by atoms with E-state index in [4.69, 9.17) is 11.1 Å². The van der Waals surface area contributed by atoms with Crippen LogP contribution in [0.1, 0.15) is 6.92 Å². The molecule has 1 aromatic rings. The van der Waals surface area contributed by atoms with Gasteiger partial charge in [-0.15, -0.1) is 0 Å². The lowest BCUT2D eigenvalue weighted by atomic mass is 10.2. The monoisotopic (exact) mass is 262 g/mol. The van der Waals surface area contributed by atoms with Gasteiger partial charge in [0.05, 0.1) is 11.9 Å². The quantitative estimate of drug-likeness (QED) is 0.615. The summed E-state index contributed by atoms with van der Waals surface area (Å²) >= 11 is 0. The van der Waals surface area contributed by atoms with Gasteiger partial charge in [-0.1, -0.05) is 6.92 Å². The number of anilines is 2. The first-order valence-corrected chi connectivity index (χ1v) is 6.63. The van der Waals surface area contributed by atoms with Crippen molar-refractivity contribution < 1.29 is 0 Å². The number of piperazine rings is 1. The van der Waals surface area contributed by atoms with Crippen molar-refractivity contribution in [3.63, 3.8) is 0 Å². The van der Waals surface area contributed by atoms with E-state index in [1.165, 1.54) is 0 Å². The lowest BCUT2D eigenvalue weighted by molar-refractivity contribution is 0.271. The van der Waals surface area contributed by atoms with Gasteiger partial charge in [-0.2, -0.15) is 0 Å². The largest absolute Gasteiger partial charge is 0.370 e. The van der Waals surface area contributed by atoms with Crippen molar-refractivity contribution in [1.29, 1.82) is 5.41 Å². The Bertz CT molecular complexity index is 421. The van der Waals surface area contributed by atoms with E-state index in [-0.39, 0.29) is 5.96 Å². The van der Waals surface area contributed by atoms with Crippen LogP contribution >= 0.6 is 0 Å². The maximum Gasteiger partial charge on any atom is 0.193 e. The molecule has 1 fully saturated rings. The minimum atomic E-state index is -0.00295. The molecule has 0 aromatic carbocycles. The number of nitrogens with zero attached hydrogens (tertiary/aromatic N) is 4. The minimum absolute atomic E-state index is 0.00295. The van der Waals surface area contributed by atoms with E-state index < -0.39 is 0 Å². The molecule has 0 atom stereocenters. The third-order valence-corrected chi connectivity index (χ3v) is 3.62. The van der Waals surface area contributed by atoms with Crippen LogP contribution in [0.3, 0.4) is 0 Å². The van der Waals surface area contributed by atoms with Crippen LogP contribution in [-0.2, 0) is 0 Å². The van der Waals surface area contributed by atoms with Gasteiger partial charge in [0, 0.05) is 33.2 Å². The van der Waals surface area contributed by atoms with Gasteiger partial charge in [0.15, 0.2) is 5.96 Å². The van der Waals surface area contributed by atoms with Crippen molar-refractivity contribution in [2.75, 3.05) is 49.6 Å². The van der Waals surface area contributed by atoms with Crippen LogP contribution in [0.25, 0.3) is 0 Å². The van der Waals surface area contributed by atoms with Gasteiger partial charge in [-0.25, -0.2) is 4.98 Å². The first-order valence-electron chi connectivity index (χ1n) is 6.63. The highest BCUT2D eigenvalue weighted by Gasteiger charge is 2.16. The summed E-state index contributed by atoms with van der Waals surface area (Å²) in [5.41, 5.74) is 6.57. The van der Waals surface area contributed by atoms with E-state index in [2.05, 4.69) is 21.7 Å². The number of nitrogens with one attached hydrogen (secondary N) is 1. The third-order valence-electron chi connectivity index (χ3n) is 3.62. The first-order chi connectivity index (χ1) is 9.11. The molecular formula is C13H22N6. The highest BCUT2D eigenvalue weighted by Crippen LogP contribution is 2.18. The predicted molar refractivity (Wildman–Crippen MR) is 78.9 cm³/mol. The van der Waals surface area contributed by atoms with Crippen molar-refractivity contribution in [3.05, 3.63) is 18.3 Å². The summed E-state index contributed by atoms with van der Waals surface area (Å²) < 4.78 is 0. The molecule has 2 heterocycles. The molecule has 1 aliphatic rings. The molecule has 6 heteroatoms. The summed E-state index contributed by atoms with van der Waals surface area (Å²) in [6.45, 7) is 7.60. The van der Waals surface area contributed by atoms with Crippen molar-refractivity contribution in [2.45, 2.75) is 6.92 Å². The minimum Gasteiger partial charge on any atom is -0.370 e. The molecule has 104 valence electrons. The molecule has 2 rings (SSSR count). The average molecular weight is 262 g/mol. The number of pyridine rings is 1. The Morgan fingerprint density at radius 2 is 2.05 bits per heavy atom. The summed E-state index contributed by atoms with van der Waals surface area (Å²) in [7, 11) is 1.74. The van der Waals surface area contributed by atoms with E-state index in [1.54, 1.807) is 11.9 Å². The SMILES string of the molecule is CCN1CCN(c2ccc(N(C)C(=N)N)nc2)CC1. The summed E-state index contributed by atoms with van der Waals surface area (Å²) in [6.07, 6.45) is 1.86.